The molecule has 0 radical (unpaired) electrons. The molecule has 0 saturated carbocycles. The molecule has 1 aromatic heterocycles. The molecule has 202 valence electrons. The quantitative estimate of drug-likeness (QED) is 0.354. The lowest BCUT2D eigenvalue weighted by atomic mass is 10.0. The molecular weight excluding hydrogens is 484 g/mol. The first-order chi connectivity index (χ1) is 17.8. The van der Waals surface area contributed by atoms with Crippen molar-refractivity contribution in [1.82, 2.24) is 9.47 Å². The molecule has 2 aliphatic rings. The van der Waals surface area contributed by atoms with Gasteiger partial charge in [0.05, 0.1) is 17.8 Å². The molecule has 0 N–H and O–H groups in total. The standard InChI is InChI=1S/C30H36N2O6/c1-28(2,3)37-26(33)31-15-13-30(14-16-31)35-19-22-17-21(11-12-25(22)36-30)24-18-20-9-7-8-10-23(20)32(24)27(34)38-29(4,5)6/h7-12,17-18H,13-16,19H2,1-6H3. The van der Waals surface area contributed by atoms with E-state index in [0.29, 0.717) is 32.5 Å². The van der Waals surface area contributed by atoms with Gasteiger partial charge in [0.1, 0.15) is 17.0 Å². The summed E-state index contributed by atoms with van der Waals surface area (Å²) in [6.07, 6.45) is 0.379. The van der Waals surface area contributed by atoms with Crippen LogP contribution in [0.15, 0.2) is 48.5 Å². The van der Waals surface area contributed by atoms with E-state index in [-0.39, 0.29) is 6.09 Å². The lowest BCUT2D eigenvalue weighted by Crippen LogP contribution is -2.53. The van der Waals surface area contributed by atoms with Gasteiger partial charge in [-0.25, -0.2) is 14.2 Å². The number of hydrogen-bond acceptors (Lipinski definition) is 6. The van der Waals surface area contributed by atoms with Gasteiger partial charge in [-0.3, -0.25) is 0 Å². The number of piperidine rings is 1. The number of benzene rings is 2. The predicted molar refractivity (Wildman–Crippen MR) is 144 cm³/mol. The van der Waals surface area contributed by atoms with Gasteiger partial charge in [-0.15, -0.1) is 0 Å². The fraction of sp³-hybridized carbons (Fsp3) is 0.467. The van der Waals surface area contributed by atoms with Gasteiger partial charge in [0, 0.05) is 36.9 Å². The maximum absolute atomic E-state index is 13.2. The zero-order valence-electron chi connectivity index (χ0n) is 23.0. The number of amides is 1. The zero-order valence-corrected chi connectivity index (χ0v) is 23.0. The van der Waals surface area contributed by atoms with Crippen molar-refractivity contribution in [3.63, 3.8) is 0 Å². The van der Waals surface area contributed by atoms with Gasteiger partial charge in [0.15, 0.2) is 0 Å². The number of carbonyl (C=O) groups is 2. The molecule has 0 aliphatic carbocycles. The van der Waals surface area contributed by atoms with Crippen LogP contribution in [0.3, 0.4) is 0 Å². The summed E-state index contributed by atoms with van der Waals surface area (Å²) >= 11 is 0. The maximum atomic E-state index is 13.2. The Bertz CT molecular complexity index is 1370. The Balaban J connectivity index is 1.37. The van der Waals surface area contributed by atoms with E-state index in [1.54, 1.807) is 9.47 Å². The molecule has 1 saturated heterocycles. The number of para-hydroxylation sites is 1. The molecule has 0 atom stereocenters. The Morgan fingerprint density at radius 1 is 0.868 bits per heavy atom. The molecular formula is C30H36N2O6. The minimum absolute atomic E-state index is 0.312. The molecule has 38 heavy (non-hydrogen) atoms. The van der Waals surface area contributed by atoms with Crippen LogP contribution in [0.5, 0.6) is 5.75 Å². The van der Waals surface area contributed by atoms with Crippen molar-refractivity contribution in [1.29, 1.82) is 0 Å². The molecule has 0 bridgehead atoms. The SMILES string of the molecule is CC(C)(C)OC(=O)N1CCC2(CC1)OCc1cc(-c3cc4ccccc4n3C(=O)OC(C)(C)C)ccc1O2. The van der Waals surface area contributed by atoms with Gasteiger partial charge in [0.25, 0.3) is 0 Å². The van der Waals surface area contributed by atoms with E-state index >= 15 is 0 Å². The van der Waals surface area contributed by atoms with Crippen molar-refractivity contribution in [3.05, 3.63) is 54.1 Å². The second-order valence-corrected chi connectivity index (χ2v) is 12.0. The zero-order chi connectivity index (χ0) is 27.3. The van der Waals surface area contributed by atoms with Crippen LogP contribution in [-0.4, -0.2) is 51.7 Å². The predicted octanol–water partition coefficient (Wildman–Crippen LogP) is 6.73. The van der Waals surface area contributed by atoms with Crippen molar-refractivity contribution in [2.24, 2.45) is 0 Å². The Morgan fingerprint density at radius 3 is 2.21 bits per heavy atom. The van der Waals surface area contributed by atoms with Crippen molar-refractivity contribution >= 4 is 23.1 Å². The summed E-state index contributed by atoms with van der Waals surface area (Å²) in [5, 5.41) is 0.953. The summed E-state index contributed by atoms with van der Waals surface area (Å²) in [7, 11) is 0. The molecule has 3 aromatic rings. The summed E-state index contributed by atoms with van der Waals surface area (Å²) in [5.41, 5.74) is 2.16. The number of rotatable bonds is 1. The monoisotopic (exact) mass is 520 g/mol. The Kier molecular flexibility index (Phi) is 6.42. The van der Waals surface area contributed by atoms with Gasteiger partial charge >= 0.3 is 12.2 Å². The molecule has 1 amide bonds. The molecule has 3 heterocycles. The molecule has 2 aromatic carbocycles. The Morgan fingerprint density at radius 2 is 1.53 bits per heavy atom. The lowest BCUT2D eigenvalue weighted by molar-refractivity contribution is -0.226. The Hall–Kier alpha value is -3.52. The Labute approximate surface area is 223 Å². The summed E-state index contributed by atoms with van der Waals surface area (Å²) in [6, 6.07) is 15.7. The molecule has 0 unspecified atom stereocenters. The molecule has 2 aliphatic heterocycles. The van der Waals surface area contributed by atoms with Gasteiger partial charge in [-0.2, -0.15) is 0 Å². The number of ether oxygens (including phenoxy) is 4. The smallest absolute Gasteiger partial charge is 0.419 e. The fourth-order valence-corrected chi connectivity index (χ4v) is 4.86. The molecule has 1 spiro atoms. The fourth-order valence-electron chi connectivity index (χ4n) is 4.86. The third kappa shape index (κ3) is 5.36. The third-order valence-corrected chi connectivity index (χ3v) is 6.61. The molecule has 5 rings (SSSR count). The molecule has 8 heteroatoms. The van der Waals surface area contributed by atoms with E-state index in [1.165, 1.54) is 0 Å². The van der Waals surface area contributed by atoms with E-state index in [9.17, 15) is 9.59 Å². The topological polar surface area (TPSA) is 79.2 Å². The minimum Gasteiger partial charge on any atom is -0.462 e. The van der Waals surface area contributed by atoms with E-state index in [4.69, 9.17) is 18.9 Å². The van der Waals surface area contributed by atoms with Gasteiger partial charge < -0.3 is 23.8 Å². The van der Waals surface area contributed by atoms with Crippen LogP contribution in [0.4, 0.5) is 9.59 Å². The first-order valence-electron chi connectivity index (χ1n) is 13.1. The second-order valence-electron chi connectivity index (χ2n) is 12.0. The first-order valence-corrected chi connectivity index (χ1v) is 13.1. The number of fused-ring (bicyclic) bond motifs is 2. The van der Waals surface area contributed by atoms with E-state index in [1.807, 2.05) is 90.1 Å². The number of hydrogen-bond donors (Lipinski definition) is 0. The third-order valence-electron chi connectivity index (χ3n) is 6.61. The van der Waals surface area contributed by atoms with Crippen LogP contribution in [0, 0.1) is 0 Å². The van der Waals surface area contributed by atoms with Crippen molar-refractivity contribution in [3.8, 4) is 17.0 Å². The summed E-state index contributed by atoms with van der Waals surface area (Å²) < 4.78 is 25.5. The second kappa shape index (κ2) is 9.34. The average molecular weight is 521 g/mol. The summed E-state index contributed by atoms with van der Waals surface area (Å²) in [5.74, 6) is -0.0102. The largest absolute Gasteiger partial charge is 0.462 e. The van der Waals surface area contributed by atoms with Crippen molar-refractivity contribution < 1.29 is 28.5 Å². The van der Waals surface area contributed by atoms with Gasteiger partial charge in [0.2, 0.25) is 5.79 Å². The minimum atomic E-state index is -0.765. The van der Waals surface area contributed by atoms with Crippen LogP contribution in [0.25, 0.3) is 22.2 Å². The molecule has 8 nitrogen and oxygen atoms in total. The van der Waals surface area contributed by atoms with Crippen LogP contribution < -0.4 is 4.74 Å². The van der Waals surface area contributed by atoms with Crippen molar-refractivity contribution in [2.75, 3.05) is 13.1 Å². The first kappa shape index (κ1) is 26.1. The van der Waals surface area contributed by atoms with Gasteiger partial charge in [-0.05, 0) is 77.4 Å². The summed E-state index contributed by atoms with van der Waals surface area (Å²) in [4.78, 5) is 27.4. The number of likely N-dealkylation sites (tertiary alicyclic amines) is 1. The highest BCUT2D eigenvalue weighted by Gasteiger charge is 2.42. The maximum Gasteiger partial charge on any atom is 0.419 e. The lowest BCUT2D eigenvalue weighted by Gasteiger charge is -2.44. The van der Waals surface area contributed by atoms with E-state index < -0.39 is 23.1 Å². The van der Waals surface area contributed by atoms with Crippen LogP contribution in [0.1, 0.15) is 59.9 Å². The summed E-state index contributed by atoms with van der Waals surface area (Å²) in [6.45, 7) is 12.5. The number of nitrogens with zero attached hydrogens (tertiary/aromatic N) is 2. The van der Waals surface area contributed by atoms with E-state index in [0.717, 1.165) is 33.5 Å². The van der Waals surface area contributed by atoms with Crippen LogP contribution >= 0.6 is 0 Å². The highest BCUT2D eigenvalue weighted by atomic mass is 16.7. The van der Waals surface area contributed by atoms with Crippen molar-refractivity contribution in [2.45, 2.75) is 78.0 Å². The highest BCUT2D eigenvalue weighted by Crippen LogP contribution is 2.40. The van der Waals surface area contributed by atoms with Gasteiger partial charge in [-0.1, -0.05) is 18.2 Å². The number of aromatic nitrogens is 1. The average Bonchev–Trinajstić information content (AvgIpc) is 3.22. The normalized spacial score (nSPS) is 17.2. The molecule has 1 fully saturated rings. The highest BCUT2D eigenvalue weighted by molar-refractivity contribution is 5.96. The number of carbonyl (C=O) groups excluding carboxylic acids is 2. The van der Waals surface area contributed by atoms with Crippen LogP contribution in [-0.2, 0) is 20.8 Å². The van der Waals surface area contributed by atoms with Crippen LogP contribution in [0.2, 0.25) is 0 Å². The van der Waals surface area contributed by atoms with E-state index in [2.05, 4.69) is 0 Å².